The highest BCUT2D eigenvalue weighted by Gasteiger charge is 2.21. The molecule has 1 saturated heterocycles. The minimum atomic E-state index is 0.208. The van der Waals surface area contributed by atoms with Crippen LogP contribution >= 0.6 is 0 Å². The second kappa shape index (κ2) is 5.65. The third-order valence-electron chi connectivity index (χ3n) is 3.57. The molecule has 0 bridgehead atoms. The van der Waals surface area contributed by atoms with Crippen LogP contribution < -0.4 is 5.32 Å². The van der Waals surface area contributed by atoms with Crippen molar-refractivity contribution in [3.63, 3.8) is 0 Å². The van der Waals surface area contributed by atoms with Gasteiger partial charge < -0.3 is 10.1 Å². The molecule has 17 heavy (non-hydrogen) atoms. The largest absolute Gasteiger partial charge is 0.372 e. The summed E-state index contributed by atoms with van der Waals surface area (Å²) in [6.45, 7) is 8.43. The van der Waals surface area contributed by atoms with Crippen molar-refractivity contribution in [3.8, 4) is 0 Å². The van der Waals surface area contributed by atoms with Crippen LogP contribution in [0.4, 0.5) is 0 Å². The summed E-state index contributed by atoms with van der Waals surface area (Å²) >= 11 is 0. The lowest BCUT2D eigenvalue weighted by molar-refractivity contribution is 0.0660. The summed E-state index contributed by atoms with van der Waals surface area (Å²) in [5.41, 5.74) is 2.59. The lowest BCUT2D eigenvalue weighted by Crippen LogP contribution is -2.34. The van der Waals surface area contributed by atoms with E-state index >= 15 is 0 Å². The van der Waals surface area contributed by atoms with Gasteiger partial charge in [-0.2, -0.15) is 0 Å². The standard InChI is InChI=1S/C15H23NO/c1-11(2)14-8-9-17-15(10-16-14)13-6-4-12(3)5-7-13/h4-7,11,14-16H,8-10H2,1-3H3. The molecule has 2 unspecified atom stereocenters. The highest BCUT2D eigenvalue weighted by atomic mass is 16.5. The first-order valence-corrected chi connectivity index (χ1v) is 6.58. The number of rotatable bonds is 2. The van der Waals surface area contributed by atoms with Crippen molar-refractivity contribution < 1.29 is 4.74 Å². The van der Waals surface area contributed by atoms with E-state index in [9.17, 15) is 0 Å². The smallest absolute Gasteiger partial charge is 0.0949 e. The molecule has 1 heterocycles. The van der Waals surface area contributed by atoms with Crippen LogP contribution in [0.15, 0.2) is 24.3 Å². The Labute approximate surface area is 104 Å². The maximum absolute atomic E-state index is 5.95. The molecule has 2 atom stereocenters. The molecule has 0 aromatic heterocycles. The Morgan fingerprint density at radius 1 is 1.24 bits per heavy atom. The molecule has 2 rings (SSSR count). The average molecular weight is 233 g/mol. The first-order chi connectivity index (χ1) is 8.16. The average Bonchev–Trinajstić information content (AvgIpc) is 2.55. The van der Waals surface area contributed by atoms with Gasteiger partial charge in [0.1, 0.15) is 0 Å². The van der Waals surface area contributed by atoms with Gasteiger partial charge in [-0.25, -0.2) is 0 Å². The first kappa shape index (κ1) is 12.6. The molecule has 94 valence electrons. The van der Waals surface area contributed by atoms with Crippen molar-refractivity contribution >= 4 is 0 Å². The molecule has 2 heteroatoms. The van der Waals surface area contributed by atoms with Crippen LogP contribution in [0.1, 0.15) is 37.5 Å². The van der Waals surface area contributed by atoms with Gasteiger partial charge in [-0.15, -0.1) is 0 Å². The van der Waals surface area contributed by atoms with Gasteiger partial charge in [-0.3, -0.25) is 0 Å². The summed E-state index contributed by atoms with van der Waals surface area (Å²) in [6.07, 6.45) is 1.32. The third kappa shape index (κ3) is 3.30. The molecule has 1 aliphatic rings. The fraction of sp³-hybridized carbons (Fsp3) is 0.600. The molecule has 1 aromatic carbocycles. The Morgan fingerprint density at radius 2 is 1.94 bits per heavy atom. The maximum Gasteiger partial charge on any atom is 0.0949 e. The molecular weight excluding hydrogens is 210 g/mol. The zero-order chi connectivity index (χ0) is 12.3. The lowest BCUT2D eigenvalue weighted by Gasteiger charge is -2.20. The summed E-state index contributed by atoms with van der Waals surface area (Å²) in [5.74, 6) is 0.676. The van der Waals surface area contributed by atoms with Crippen LogP contribution in [0, 0.1) is 12.8 Å². The molecule has 0 aliphatic carbocycles. The van der Waals surface area contributed by atoms with Crippen LogP contribution in [0.25, 0.3) is 0 Å². The lowest BCUT2D eigenvalue weighted by atomic mass is 10.0. The summed E-state index contributed by atoms with van der Waals surface area (Å²) in [5, 5.41) is 3.62. The van der Waals surface area contributed by atoms with Gasteiger partial charge in [0.2, 0.25) is 0 Å². The van der Waals surface area contributed by atoms with E-state index in [0.717, 1.165) is 19.6 Å². The summed E-state index contributed by atoms with van der Waals surface area (Å²) < 4.78 is 5.95. The van der Waals surface area contributed by atoms with Gasteiger partial charge in [0.05, 0.1) is 6.10 Å². The topological polar surface area (TPSA) is 21.3 Å². The molecule has 1 fully saturated rings. The molecule has 0 radical (unpaired) electrons. The van der Waals surface area contributed by atoms with Gasteiger partial charge in [-0.05, 0) is 24.8 Å². The van der Waals surface area contributed by atoms with Gasteiger partial charge in [0.15, 0.2) is 0 Å². The van der Waals surface area contributed by atoms with E-state index in [2.05, 4.69) is 50.4 Å². The molecule has 1 aromatic rings. The minimum Gasteiger partial charge on any atom is -0.372 e. The van der Waals surface area contributed by atoms with Gasteiger partial charge in [0.25, 0.3) is 0 Å². The predicted molar refractivity (Wildman–Crippen MR) is 71.1 cm³/mol. The molecular formula is C15H23NO. The molecule has 1 aliphatic heterocycles. The van der Waals surface area contributed by atoms with Crippen LogP contribution in [0.2, 0.25) is 0 Å². The van der Waals surface area contributed by atoms with Crippen molar-refractivity contribution in [3.05, 3.63) is 35.4 Å². The zero-order valence-corrected chi connectivity index (χ0v) is 11.1. The van der Waals surface area contributed by atoms with E-state index in [1.54, 1.807) is 0 Å². The van der Waals surface area contributed by atoms with Crippen molar-refractivity contribution in [2.24, 2.45) is 5.92 Å². The van der Waals surface area contributed by atoms with E-state index < -0.39 is 0 Å². The molecule has 0 spiro atoms. The number of benzene rings is 1. The zero-order valence-electron chi connectivity index (χ0n) is 11.1. The molecule has 1 N–H and O–H groups in total. The van der Waals surface area contributed by atoms with Crippen LogP contribution in [-0.4, -0.2) is 19.2 Å². The van der Waals surface area contributed by atoms with Crippen molar-refractivity contribution in [2.75, 3.05) is 13.2 Å². The number of hydrogen-bond donors (Lipinski definition) is 1. The highest BCUT2D eigenvalue weighted by Crippen LogP contribution is 2.21. The molecule has 0 amide bonds. The second-order valence-electron chi connectivity index (χ2n) is 5.32. The van der Waals surface area contributed by atoms with Crippen molar-refractivity contribution in [2.45, 2.75) is 39.3 Å². The fourth-order valence-electron chi connectivity index (χ4n) is 2.32. The number of ether oxygens (including phenoxy) is 1. The van der Waals surface area contributed by atoms with Crippen LogP contribution in [-0.2, 0) is 4.74 Å². The quantitative estimate of drug-likeness (QED) is 0.847. The van der Waals surface area contributed by atoms with Gasteiger partial charge in [-0.1, -0.05) is 43.7 Å². The summed E-state index contributed by atoms with van der Waals surface area (Å²) in [4.78, 5) is 0. The van der Waals surface area contributed by atoms with E-state index in [-0.39, 0.29) is 6.10 Å². The van der Waals surface area contributed by atoms with E-state index in [1.165, 1.54) is 11.1 Å². The Kier molecular flexibility index (Phi) is 4.19. The van der Waals surface area contributed by atoms with E-state index in [0.29, 0.717) is 12.0 Å². The van der Waals surface area contributed by atoms with Gasteiger partial charge >= 0.3 is 0 Å². The Morgan fingerprint density at radius 3 is 2.59 bits per heavy atom. The normalized spacial score (nSPS) is 25.9. The Balaban J connectivity index is 2.01. The van der Waals surface area contributed by atoms with Crippen LogP contribution in [0.5, 0.6) is 0 Å². The van der Waals surface area contributed by atoms with Crippen molar-refractivity contribution in [1.29, 1.82) is 0 Å². The summed E-state index contributed by atoms with van der Waals surface area (Å²) in [7, 11) is 0. The summed E-state index contributed by atoms with van der Waals surface area (Å²) in [6, 6.07) is 9.26. The Hall–Kier alpha value is -0.860. The molecule has 2 nitrogen and oxygen atoms in total. The minimum absolute atomic E-state index is 0.208. The fourth-order valence-corrected chi connectivity index (χ4v) is 2.32. The Bertz CT molecular complexity index is 344. The van der Waals surface area contributed by atoms with E-state index in [1.807, 2.05) is 0 Å². The highest BCUT2D eigenvalue weighted by molar-refractivity contribution is 5.23. The predicted octanol–water partition coefficient (Wildman–Crippen LogP) is 3.07. The maximum atomic E-state index is 5.95. The van der Waals surface area contributed by atoms with Crippen molar-refractivity contribution in [1.82, 2.24) is 5.32 Å². The molecule has 0 saturated carbocycles. The monoisotopic (exact) mass is 233 g/mol. The SMILES string of the molecule is Cc1ccc(C2CNC(C(C)C)CCO2)cc1. The number of nitrogens with one attached hydrogen (secondary N) is 1. The number of aryl methyl sites for hydroxylation is 1. The van der Waals surface area contributed by atoms with Crippen LogP contribution in [0.3, 0.4) is 0 Å². The number of hydrogen-bond acceptors (Lipinski definition) is 2. The van der Waals surface area contributed by atoms with E-state index in [4.69, 9.17) is 4.74 Å². The first-order valence-electron chi connectivity index (χ1n) is 6.58. The van der Waals surface area contributed by atoms with Gasteiger partial charge in [0, 0.05) is 19.2 Å². The second-order valence-corrected chi connectivity index (χ2v) is 5.32. The third-order valence-corrected chi connectivity index (χ3v) is 3.57.